The SMILES string of the molecule is CCC(=O)c1ccccc1N1CCS(=O)CC1. The first-order valence-corrected chi connectivity index (χ1v) is 7.43. The maximum absolute atomic E-state index is 11.9. The summed E-state index contributed by atoms with van der Waals surface area (Å²) in [5.74, 6) is 1.58. The number of ketones is 1. The van der Waals surface area contributed by atoms with E-state index in [1.165, 1.54) is 0 Å². The van der Waals surface area contributed by atoms with Gasteiger partial charge in [0.25, 0.3) is 0 Å². The van der Waals surface area contributed by atoms with Gasteiger partial charge in [0.1, 0.15) is 0 Å². The van der Waals surface area contributed by atoms with Gasteiger partial charge in [-0.25, -0.2) is 0 Å². The van der Waals surface area contributed by atoms with Gasteiger partial charge in [0, 0.05) is 53.1 Å². The zero-order valence-corrected chi connectivity index (χ0v) is 10.8. The lowest BCUT2D eigenvalue weighted by Crippen LogP contribution is -2.38. The van der Waals surface area contributed by atoms with Gasteiger partial charge >= 0.3 is 0 Å². The largest absolute Gasteiger partial charge is 0.369 e. The molecule has 1 aliphatic heterocycles. The molecule has 0 spiro atoms. The number of benzene rings is 1. The van der Waals surface area contributed by atoms with E-state index < -0.39 is 10.8 Å². The lowest BCUT2D eigenvalue weighted by molar-refractivity contribution is 0.0988. The molecule has 4 heteroatoms. The highest BCUT2D eigenvalue weighted by Crippen LogP contribution is 2.23. The van der Waals surface area contributed by atoms with E-state index in [-0.39, 0.29) is 5.78 Å². The number of anilines is 1. The molecule has 0 aromatic heterocycles. The average Bonchev–Trinajstić information content (AvgIpc) is 2.39. The second kappa shape index (κ2) is 5.45. The van der Waals surface area contributed by atoms with E-state index in [0.717, 1.165) is 24.3 Å². The lowest BCUT2D eigenvalue weighted by Gasteiger charge is -2.29. The quantitative estimate of drug-likeness (QED) is 0.769. The van der Waals surface area contributed by atoms with Crippen LogP contribution in [0.25, 0.3) is 0 Å². The van der Waals surface area contributed by atoms with Crippen LogP contribution in [0.5, 0.6) is 0 Å². The number of hydrogen-bond acceptors (Lipinski definition) is 3. The molecule has 3 nitrogen and oxygen atoms in total. The number of rotatable bonds is 3. The van der Waals surface area contributed by atoms with Crippen LogP contribution >= 0.6 is 0 Å². The Morgan fingerprint density at radius 1 is 1.29 bits per heavy atom. The minimum atomic E-state index is -0.680. The first-order chi connectivity index (χ1) is 8.22. The highest BCUT2D eigenvalue weighted by molar-refractivity contribution is 7.85. The predicted octanol–water partition coefficient (Wildman–Crippen LogP) is 1.85. The Labute approximate surface area is 104 Å². The van der Waals surface area contributed by atoms with Crippen LogP contribution in [0.2, 0.25) is 0 Å². The van der Waals surface area contributed by atoms with Crippen molar-refractivity contribution < 1.29 is 9.00 Å². The zero-order chi connectivity index (χ0) is 12.3. The van der Waals surface area contributed by atoms with Crippen molar-refractivity contribution in [2.45, 2.75) is 13.3 Å². The van der Waals surface area contributed by atoms with Gasteiger partial charge in [-0.2, -0.15) is 0 Å². The van der Waals surface area contributed by atoms with Crippen molar-refractivity contribution in [3.05, 3.63) is 29.8 Å². The van der Waals surface area contributed by atoms with E-state index in [9.17, 15) is 9.00 Å². The summed E-state index contributed by atoms with van der Waals surface area (Å²) in [6, 6.07) is 7.71. The molecule has 0 atom stereocenters. The standard InChI is InChI=1S/C13H17NO2S/c1-2-13(15)11-5-3-4-6-12(11)14-7-9-17(16)10-8-14/h3-6H,2,7-10H2,1H3. The van der Waals surface area contributed by atoms with Crippen molar-refractivity contribution >= 4 is 22.3 Å². The number of nitrogens with zero attached hydrogens (tertiary/aromatic N) is 1. The fourth-order valence-corrected chi connectivity index (χ4v) is 3.11. The van der Waals surface area contributed by atoms with Gasteiger partial charge in [-0.1, -0.05) is 19.1 Å². The minimum Gasteiger partial charge on any atom is -0.369 e. The molecule has 0 N–H and O–H groups in total. The smallest absolute Gasteiger partial charge is 0.164 e. The Hall–Kier alpha value is -1.16. The third kappa shape index (κ3) is 2.75. The normalized spacial score (nSPS) is 17.1. The van der Waals surface area contributed by atoms with E-state index in [0.29, 0.717) is 17.9 Å². The van der Waals surface area contributed by atoms with Gasteiger partial charge in [-0.05, 0) is 12.1 Å². The second-order valence-electron chi connectivity index (χ2n) is 4.13. The average molecular weight is 251 g/mol. The second-order valence-corrected chi connectivity index (χ2v) is 5.83. The molecule has 1 saturated heterocycles. The van der Waals surface area contributed by atoms with Gasteiger partial charge in [0.2, 0.25) is 0 Å². The highest BCUT2D eigenvalue weighted by atomic mass is 32.2. The summed E-state index contributed by atoms with van der Waals surface area (Å²) in [6.45, 7) is 3.44. The fourth-order valence-electron chi connectivity index (χ4n) is 2.05. The number of para-hydroxylation sites is 1. The maximum atomic E-state index is 11.9. The Bertz CT molecular complexity index is 435. The molecule has 1 aromatic carbocycles. The van der Waals surface area contributed by atoms with E-state index >= 15 is 0 Å². The van der Waals surface area contributed by atoms with Gasteiger partial charge in [-0.3, -0.25) is 9.00 Å². The lowest BCUT2D eigenvalue weighted by atomic mass is 10.1. The van der Waals surface area contributed by atoms with Gasteiger partial charge in [0.05, 0.1) is 0 Å². The van der Waals surface area contributed by atoms with Crippen molar-refractivity contribution in [1.29, 1.82) is 0 Å². The van der Waals surface area contributed by atoms with Gasteiger partial charge < -0.3 is 4.90 Å². The number of hydrogen-bond donors (Lipinski definition) is 0. The van der Waals surface area contributed by atoms with Crippen LogP contribution in [-0.2, 0) is 10.8 Å². The Morgan fingerprint density at radius 2 is 1.94 bits per heavy atom. The maximum Gasteiger partial charge on any atom is 0.164 e. The fraction of sp³-hybridized carbons (Fsp3) is 0.462. The first kappa shape index (κ1) is 12.3. The highest BCUT2D eigenvalue weighted by Gasteiger charge is 2.19. The molecule has 0 bridgehead atoms. The molecular weight excluding hydrogens is 234 g/mol. The summed E-state index contributed by atoms with van der Waals surface area (Å²) in [6.07, 6.45) is 0.525. The third-order valence-corrected chi connectivity index (χ3v) is 4.32. The van der Waals surface area contributed by atoms with Crippen LogP contribution in [0.4, 0.5) is 5.69 Å². The molecule has 0 aliphatic carbocycles. The number of carbonyl (C=O) groups is 1. The summed E-state index contributed by atoms with van der Waals surface area (Å²) in [4.78, 5) is 14.0. The van der Waals surface area contributed by atoms with Gasteiger partial charge in [-0.15, -0.1) is 0 Å². The van der Waals surface area contributed by atoms with Crippen LogP contribution in [0.1, 0.15) is 23.7 Å². The van der Waals surface area contributed by atoms with Crippen molar-refractivity contribution in [3.63, 3.8) is 0 Å². The zero-order valence-electron chi connectivity index (χ0n) is 10.0. The molecule has 2 rings (SSSR count). The van der Waals surface area contributed by atoms with E-state index in [1.807, 2.05) is 31.2 Å². The molecule has 92 valence electrons. The summed E-state index contributed by atoms with van der Waals surface area (Å²) >= 11 is 0. The van der Waals surface area contributed by atoms with Crippen molar-refractivity contribution in [2.24, 2.45) is 0 Å². The number of Topliss-reactive ketones (excluding diaryl/α,β-unsaturated/α-hetero) is 1. The molecule has 0 amide bonds. The van der Waals surface area contributed by atoms with Crippen LogP contribution in [-0.4, -0.2) is 34.6 Å². The molecule has 1 aliphatic rings. The first-order valence-electron chi connectivity index (χ1n) is 5.94. The Kier molecular flexibility index (Phi) is 3.94. The Balaban J connectivity index is 2.25. The third-order valence-electron chi connectivity index (χ3n) is 3.04. The summed E-state index contributed by atoms with van der Waals surface area (Å²) < 4.78 is 11.3. The Morgan fingerprint density at radius 3 is 2.59 bits per heavy atom. The molecule has 0 radical (unpaired) electrons. The van der Waals surface area contributed by atoms with Crippen molar-refractivity contribution in [1.82, 2.24) is 0 Å². The van der Waals surface area contributed by atoms with Crippen molar-refractivity contribution in [3.8, 4) is 0 Å². The molecule has 1 heterocycles. The van der Waals surface area contributed by atoms with E-state index in [2.05, 4.69) is 4.90 Å². The van der Waals surface area contributed by atoms with Crippen LogP contribution in [0.15, 0.2) is 24.3 Å². The predicted molar refractivity (Wildman–Crippen MR) is 71.2 cm³/mol. The summed E-state index contributed by atoms with van der Waals surface area (Å²) in [7, 11) is -0.680. The molecular formula is C13H17NO2S. The molecule has 0 saturated carbocycles. The van der Waals surface area contributed by atoms with Crippen LogP contribution in [0, 0.1) is 0 Å². The van der Waals surface area contributed by atoms with E-state index in [1.54, 1.807) is 0 Å². The molecule has 0 unspecified atom stereocenters. The van der Waals surface area contributed by atoms with Crippen molar-refractivity contribution in [2.75, 3.05) is 29.5 Å². The van der Waals surface area contributed by atoms with Gasteiger partial charge in [0.15, 0.2) is 5.78 Å². The number of carbonyl (C=O) groups excluding carboxylic acids is 1. The monoisotopic (exact) mass is 251 g/mol. The molecule has 1 fully saturated rings. The topological polar surface area (TPSA) is 37.4 Å². The van der Waals surface area contributed by atoms with Crippen LogP contribution < -0.4 is 4.90 Å². The van der Waals surface area contributed by atoms with E-state index in [4.69, 9.17) is 0 Å². The molecule has 17 heavy (non-hydrogen) atoms. The molecule has 1 aromatic rings. The van der Waals surface area contributed by atoms with Crippen LogP contribution in [0.3, 0.4) is 0 Å². The summed E-state index contributed by atoms with van der Waals surface area (Å²) in [5, 5.41) is 0. The summed E-state index contributed by atoms with van der Waals surface area (Å²) in [5.41, 5.74) is 1.79. The minimum absolute atomic E-state index is 0.173.